The van der Waals surface area contributed by atoms with Crippen LogP contribution in [0.2, 0.25) is 0 Å². The van der Waals surface area contributed by atoms with Crippen LogP contribution >= 0.6 is 15.9 Å². The summed E-state index contributed by atoms with van der Waals surface area (Å²) in [4.78, 5) is 23.3. The molecule has 20 heavy (non-hydrogen) atoms. The first-order valence-electron chi connectivity index (χ1n) is 6.08. The van der Waals surface area contributed by atoms with E-state index in [9.17, 15) is 9.59 Å². The molecule has 2 rings (SSSR count). The van der Waals surface area contributed by atoms with E-state index >= 15 is 0 Å². The van der Waals surface area contributed by atoms with E-state index < -0.39 is 0 Å². The van der Waals surface area contributed by atoms with Crippen molar-refractivity contribution < 1.29 is 4.79 Å². The minimum absolute atomic E-state index is 0.154. The van der Waals surface area contributed by atoms with Crippen molar-refractivity contribution in [2.75, 3.05) is 0 Å². The van der Waals surface area contributed by atoms with Crippen LogP contribution in [-0.4, -0.2) is 15.7 Å². The van der Waals surface area contributed by atoms with E-state index in [-0.39, 0.29) is 23.2 Å². The maximum atomic E-state index is 12.1. The molecule has 1 heterocycles. The Kier molecular flexibility index (Phi) is 4.34. The second kappa shape index (κ2) is 6.00. The second-order valence-corrected chi connectivity index (χ2v) is 5.35. The van der Waals surface area contributed by atoms with E-state index in [2.05, 4.69) is 26.3 Å². The predicted octanol–water partition coefficient (Wildman–Crippen LogP) is 2.03. The van der Waals surface area contributed by atoms with E-state index in [1.807, 2.05) is 31.2 Å². The zero-order valence-electron chi connectivity index (χ0n) is 11.1. The van der Waals surface area contributed by atoms with Crippen molar-refractivity contribution in [3.63, 3.8) is 0 Å². The topological polar surface area (TPSA) is 64.0 Å². The van der Waals surface area contributed by atoms with Crippen LogP contribution in [-0.2, 0) is 7.05 Å². The highest BCUT2D eigenvalue weighted by Crippen LogP contribution is 2.17. The Morgan fingerprint density at radius 3 is 2.75 bits per heavy atom. The highest BCUT2D eigenvalue weighted by Gasteiger charge is 2.13. The van der Waals surface area contributed by atoms with Gasteiger partial charge in [0, 0.05) is 17.6 Å². The third-order valence-electron chi connectivity index (χ3n) is 2.89. The second-order valence-electron chi connectivity index (χ2n) is 4.43. The molecule has 1 aromatic heterocycles. The maximum Gasteiger partial charge on any atom is 0.272 e. The van der Waals surface area contributed by atoms with Gasteiger partial charge < -0.3 is 5.32 Å². The lowest BCUT2D eigenvalue weighted by Gasteiger charge is -2.14. The molecular weight excluding hydrogens is 322 g/mol. The van der Waals surface area contributed by atoms with Gasteiger partial charge in [-0.25, -0.2) is 4.68 Å². The van der Waals surface area contributed by atoms with E-state index in [4.69, 9.17) is 0 Å². The summed E-state index contributed by atoms with van der Waals surface area (Å²) in [6, 6.07) is 10.3. The van der Waals surface area contributed by atoms with Crippen molar-refractivity contribution in [1.29, 1.82) is 0 Å². The number of amides is 1. The standard InChI is InChI=1S/C14H14BrN3O2/c1-9(10-4-3-5-11(15)8-10)16-14(20)12-6-7-13(19)18(2)17-12/h3-9H,1-2H3,(H,16,20). The Balaban J connectivity index is 2.15. The largest absolute Gasteiger partial charge is 0.344 e. The molecule has 0 saturated carbocycles. The smallest absolute Gasteiger partial charge is 0.272 e. The number of rotatable bonds is 3. The normalized spacial score (nSPS) is 11.9. The summed E-state index contributed by atoms with van der Waals surface area (Å²) in [6.45, 7) is 1.89. The molecular formula is C14H14BrN3O2. The van der Waals surface area contributed by atoms with Gasteiger partial charge in [-0.15, -0.1) is 0 Å². The lowest BCUT2D eigenvalue weighted by atomic mass is 10.1. The average Bonchev–Trinajstić information content (AvgIpc) is 2.41. The van der Waals surface area contributed by atoms with E-state index in [0.717, 1.165) is 14.7 Å². The number of hydrogen-bond acceptors (Lipinski definition) is 3. The number of carbonyl (C=O) groups excluding carboxylic acids is 1. The molecule has 0 bridgehead atoms. The van der Waals surface area contributed by atoms with E-state index in [1.165, 1.54) is 19.2 Å². The minimum Gasteiger partial charge on any atom is -0.344 e. The van der Waals surface area contributed by atoms with Crippen LogP contribution < -0.4 is 10.9 Å². The maximum absolute atomic E-state index is 12.1. The van der Waals surface area contributed by atoms with E-state index in [1.54, 1.807) is 0 Å². The zero-order chi connectivity index (χ0) is 14.7. The molecule has 1 N–H and O–H groups in total. The Hall–Kier alpha value is -1.95. The van der Waals surface area contributed by atoms with Crippen LogP contribution in [0.3, 0.4) is 0 Å². The van der Waals surface area contributed by atoms with Gasteiger partial charge in [-0.3, -0.25) is 9.59 Å². The number of carbonyl (C=O) groups is 1. The lowest BCUT2D eigenvalue weighted by Crippen LogP contribution is -2.30. The van der Waals surface area contributed by atoms with Gasteiger partial charge in [-0.2, -0.15) is 5.10 Å². The number of halogens is 1. The molecule has 0 saturated heterocycles. The lowest BCUT2D eigenvalue weighted by molar-refractivity contribution is 0.0932. The van der Waals surface area contributed by atoms with Gasteiger partial charge in [0.1, 0.15) is 5.69 Å². The SMILES string of the molecule is CC(NC(=O)c1ccc(=O)n(C)n1)c1cccc(Br)c1. The summed E-state index contributed by atoms with van der Waals surface area (Å²) in [7, 11) is 1.51. The van der Waals surface area contributed by atoms with Crippen molar-refractivity contribution >= 4 is 21.8 Å². The Morgan fingerprint density at radius 2 is 2.10 bits per heavy atom. The molecule has 104 valence electrons. The van der Waals surface area contributed by atoms with Gasteiger partial charge in [-0.05, 0) is 30.7 Å². The van der Waals surface area contributed by atoms with Gasteiger partial charge >= 0.3 is 0 Å². The molecule has 0 aliphatic rings. The van der Waals surface area contributed by atoms with Crippen LogP contribution in [0, 0.1) is 0 Å². The van der Waals surface area contributed by atoms with Crippen molar-refractivity contribution in [3.05, 3.63) is 62.5 Å². The van der Waals surface area contributed by atoms with Crippen molar-refractivity contribution in [3.8, 4) is 0 Å². The average molecular weight is 336 g/mol. The van der Waals surface area contributed by atoms with Crippen LogP contribution in [0.5, 0.6) is 0 Å². The molecule has 6 heteroatoms. The van der Waals surface area contributed by atoms with Crippen molar-refractivity contribution in [2.24, 2.45) is 7.05 Å². The molecule has 2 aromatic rings. The number of aromatic nitrogens is 2. The summed E-state index contributed by atoms with van der Waals surface area (Å²) in [5.41, 5.74) is 0.952. The summed E-state index contributed by atoms with van der Waals surface area (Å²) in [6.07, 6.45) is 0. The Morgan fingerprint density at radius 1 is 1.35 bits per heavy atom. The third-order valence-corrected chi connectivity index (χ3v) is 3.38. The highest BCUT2D eigenvalue weighted by molar-refractivity contribution is 9.10. The number of hydrogen-bond donors (Lipinski definition) is 1. The van der Waals surface area contributed by atoms with Crippen LogP contribution in [0.25, 0.3) is 0 Å². The van der Waals surface area contributed by atoms with Gasteiger partial charge in [0.2, 0.25) is 0 Å². The van der Waals surface area contributed by atoms with Crippen molar-refractivity contribution in [1.82, 2.24) is 15.1 Å². The number of benzene rings is 1. The molecule has 1 amide bonds. The fraction of sp³-hybridized carbons (Fsp3) is 0.214. The monoisotopic (exact) mass is 335 g/mol. The quantitative estimate of drug-likeness (QED) is 0.933. The number of aryl methyl sites for hydroxylation is 1. The number of nitrogens with one attached hydrogen (secondary N) is 1. The summed E-state index contributed by atoms with van der Waals surface area (Å²) >= 11 is 3.40. The minimum atomic E-state index is -0.312. The molecule has 0 fully saturated rings. The predicted molar refractivity (Wildman–Crippen MR) is 79.5 cm³/mol. The first kappa shape index (κ1) is 14.5. The van der Waals surface area contributed by atoms with Crippen LogP contribution in [0.4, 0.5) is 0 Å². The third kappa shape index (κ3) is 3.33. The van der Waals surface area contributed by atoms with Gasteiger partial charge in [-0.1, -0.05) is 28.1 Å². The molecule has 1 aromatic carbocycles. The van der Waals surface area contributed by atoms with E-state index in [0.29, 0.717) is 0 Å². The zero-order valence-corrected chi connectivity index (χ0v) is 12.7. The van der Waals surface area contributed by atoms with Gasteiger partial charge in [0.15, 0.2) is 0 Å². The first-order chi connectivity index (χ1) is 9.47. The molecule has 0 aliphatic heterocycles. The molecule has 1 atom stereocenters. The fourth-order valence-corrected chi connectivity index (χ4v) is 2.17. The van der Waals surface area contributed by atoms with Gasteiger partial charge in [0.05, 0.1) is 6.04 Å². The Labute approximate surface area is 124 Å². The highest BCUT2D eigenvalue weighted by atomic mass is 79.9. The molecule has 0 aliphatic carbocycles. The number of nitrogens with zero attached hydrogens (tertiary/aromatic N) is 2. The molecule has 0 radical (unpaired) electrons. The first-order valence-corrected chi connectivity index (χ1v) is 6.87. The summed E-state index contributed by atoms with van der Waals surface area (Å²) in [5, 5.41) is 6.77. The summed E-state index contributed by atoms with van der Waals surface area (Å²) in [5.74, 6) is -0.312. The van der Waals surface area contributed by atoms with Crippen molar-refractivity contribution in [2.45, 2.75) is 13.0 Å². The fourth-order valence-electron chi connectivity index (χ4n) is 1.75. The van der Waals surface area contributed by atoms with Gasteiger partial charge in [0.25, 0.3) is 11.5 Å². The Bertz CT molecular complexity index is 697. The molecule has 5 nitrogen and oxygen atoms in total. The van der Waals surface area contributed by atoms with Crippen LogP contribution in [0.15, 0.2) is 45.7 Å². The summed E-state index contributed by atoms with van der Waals surface area (Å²) < 4.78 is 2.09. The van der Waals surface area contributed by atoms with Crippen LogP contribution in [0.1, 0.15) is 29.0 Å². The molecule has 1 unspecified atom stereocenters. The molecule has 0 spiro atoms.